The molecule has 0 aliphatic heterocycles. The molecule has 0 bridgehead atoms. The van der Waals surface area contributed by atoms with Gasteiger partial charge in [-0.1, -0.05) is 18.2 Å². The molecule has 1 amide bonds. The minimum atomic E-state index is -0.641. The Bertz CT molecular complexity index is 643. The summed E-state index contributed by atoms with van der Waals surface area (Å²) in [6.07, 6.45) is 1.15. The summed E-state index contributed by atoms with van der Waals surface area (Å²) < 4.78 is 0. The molecule has 0 saturated heterocycles. The Labute approximate surface area is 95.3 Å². The van der Waals surface area contributed by atoms with E-state index >= 15 is 0 Å². The first-order valence-electron chi connectivity index (χ1n) is 4.85. The first-order valence-corrected chi connectivity index (χ1v) is 4.85. The lowest BCUT2D eigenvalue weighted by atomic mass is 10.2. The SMILES string of the molecule is O=C(Nc1c[nH]c(=O)[nH]c1=O)c1ccccc1. The fourth-order valence-corrected chi connectivity index (χ4v) is 1.29. The number of anilines is 1. The van der Waals surface area contributed by atoms with E-state index in [0.717, 1.165) is 6.20 Å². The highest BCUT2D eigenvalue weighted by Gasteiger charge is 2.07. The van der Waals surface area contributed by atoms with Crippen LogP contribution < -0.4 is 16.6 Å². The van der Waals surface area contributed by atoms with E-state index in [2.05, 4.69) is 10.3 Å². The second-order valence-electron chi connectivity index (χ2n) is 3.31. The second kappa shape index (κ2) is 4.48. The van der Waals surface area contributed by atoms with Gasteiger partial charge in [-0.25, -0.2) is 4.79 Å². The first kappa shape index (κ1) is 10.9. The minimum absolute atomic E-state index is 0.00143. The number of H-pyrrole nitrogens is 2. The van der Waals surface area contributed by atoms with Gasteiger partial charge >= 0.3 is 5.69 Å². The summed E-state index contributed by atoms with van der Waals surface area (Å²) in [5.41, 5.74) is -0.831. The second-order valence-corrected chi connectivity index (χ2v) is 3.31. The fraction of sp³-hybridized carbons (Fsp3) is 0. The number of rotatable bonds is 2. The molecular weight excluding hydrogens is 222 g/mol. The van der Waals surface area contributed by atoms with Gasteiger partial charge in [0.25, 0.3) is 11.5 Å². The van der Waals surface area contributed by atoms with Crippen molar-refractivity contribution < 1.29 is 4.79 Å². The van der Waals surface area contributed by atoms with Crippen molar-refractivity contribution in [3.05, 3.63) is 62.9 Å². The third kappa shape index (κ3) is 2.49. The largest absolute Gasteiger partial charge is 0.325 e. The topological polar surface area (TPSA) is 94.8 Å². The number of nitrogens with one attached hydrogen (secondary N) is 3. The molecule has 6 nitrogen and oxygen atoms in total. The summed E-state index contributed by atoms with van der Waals surface area (Å²) in [5.74, 6) is -0.414. The Balaban J connectivity index is 2.25. The molecule has 0 radical (unpaired) electrons. The number of aromatic nitrogens is 2. The number of aromatic amines is 2. The van der Waals surface area contributed by atoms with Gasteiger partial charge in [0.2, 0.25) is 0 Å². The number of benzene rings is 1. The van der Waals surface area contributed by atoms with Crippen LogP contribution in [-0.2, 0) is 0 Å². The fourth-order valence-electron chi connectivity index (χ4n) is 1.29. The van der Waals surface area contributed by atoms with Crippen molar-refractivity contribution in [1.29, 1.82) is 0 Å². The van der Waals surface area contributed by atoms with Crippen LogP contribution >= 0.6 is 0 Å². The molecular formula is C11H9N3O3. The van der Waals surface area contributed by atoms with Crippen molar-refractivity contribution >= 4 is 11.6 Å². The number of hydrogen-bond donors (Lipinski definition) is 3. The molecule has 86 valence electrons. The van der Waals surface area contributed by atoms with E-state index in [4.69, 9.17) is 0 Å². The van der Waals surface area contributed by atoms with Crippen LogP contribution in [0.4, 0.5) is 5.69 Å². The van der Waals surface area contributed by atoms with Gasteiger partial charge in [-0.05, 0) is 12.1 Å². The molecule has 0 spiro atoms. The molecule has 3 N–H and O–H groups in total. The van der Waals surface area contributed by atoms with Crippen molar-refractivity contribution in [1.82, 2.24) is 9.97 Å². The van der Waals surface area contributed by atoms with Crippen molar-refractivity contribution in [3.63, 3.8) is 0 Å². The summed E-state index contributed by atoms with van der Waals surface area (Å²) in [5, 5.41) is 2.40. The van der Waals surface area contributed by atoms with Crippen LogP contribution in [-0.4, -0.2) is 15.9 Å². The zero-order chi connectivity index (χ0) is 12.3. The van der Waals surface area contributed by atoms with Crippen molar-refractivity contribution in [3.8, 4) is 0 Å². The van der Waals surface area contributed by atoms with Crippen molar-refractivity contribution in [2.24, 2.45) is 0 Å². The minimum Gasteiger partial charge on any atom is -0.316 e. The van der Waals surface area contributed by atoms with Crippen LogP contribution in [0.1, 0.15) is 10.4 Å². The molecule has 0 unspecified atom stereocenters. The van der Waals surface area contributed by atoms with Gasteiger partial charge in [0.05, 0.1) is 0 Å². The molecule has 1 aromatic heterocycles. The summed E-state index contributed by atoms with van der Waals surface area (Å²) >= 11 is 0. The zero-order valence-electron chi connectivity index (χ0n) is 8.69. The van der Waals surface area contributed by atoms with Gasteiger partial charge in [-0.3, -0.25) is 14.6 Å². The van der Waals surface area contributed by atoms with Crippen LogP contribution in [0.15, 0.2) is 46.1 Å². The lowest BCUT2D eigenvalue weighted by Gasteiger charge is -2.02. The van der Waals surface area contributed by atoms with Gasteiger partial charge in [-0.15, -0.1) is 0 Å². The predicted molar refractivity (Wildman–Crippen MR) is 62.1 cm³/mol. The Morgan fingerprint density at radius 3 is 2.47 bits per heavy atom. The van der Waals surface area contributed by atoms with E-state index in [1.165, 1.54) is 0 Å². The van der Waals surface area contributed by atoms with Crippen LogP contribution in [0.5, 0.6) is 0 Å². The highest BCUT2D eigenvalue weighted by atomic mass is 16.2. The van der Waals surface area contributed by atoms with E-state index in [1.807, 2.05) is 4.98 Å². The van der Waals surface area contributed by atoms with Gasteiger partial charge in [0, 0.05) is 11.8 Å². The molecule has 2 aromatic rings. The standard InChI is InChI=1S/C11H9N3O3/c15-9(7-4-2-1-3-5-7)13-8-6-12-11(17)14-10(8)16/h1-6H,(H,13,15)(H2,12,14,16,17). The lowest BCUT2D eigenvalue weighted by molar-refractivity contribution is 0.102. The highest BCUT2D eigenvalue weighted by molar-refractivity contribution is 6.03. The van der Waals surface area contributed by atoms with Gasteiger partial charge < -0.3 is 10.3 Å². The number of hydrogen-bond acceptors (Lipinski definition) is 3. The lowest BCUT2D eigenvalue weighted by Crippen LogP contribution is -2.26. The molecule has 1 aromatic carbocycles. The summed E-state index contributed by atoms with van der Waals surface area (Å²) in [6, 6.07) is 8.45. The summed E-state index contributed by atoms with van der Waals surface area (Å²) in [6.45, 7) is 0. The maximum atomic E-state index is 11.7. The third-order valence-electron chi connectivity index (χ3n) is 2.10. The average Bonchev–Trinajstić information content (AvgIpc) is 2.34. The summed E-state index contributed by atoms with van der Waals surface area (Å²) in [7, 11) is 0. The highest BCUT2D eigenvalue weighted by Crippen LogP contribution is 2.02. The Kier molecular flexibility index (Phi) is 2.87. The molecule has 2 rings (SSSR count). The Morgan fingerprint density at radius 1 is 1.12 bits per heavy atom. The van der Waals surface area contributed by atoms with E-state index in [1.54, 1.807) is 30.3 Å². The van der Waals surface area contributed by atoms with E-state index in [9.17, 15) is 14.4 Å². The van der Waals surface area contributed by atoms with Gasteiger partial charge in [0.15, 0.2) is 0 Å². The Hall–Kier alpha value is -2.63. The van der Waals surface area contributed by atoms with Crippen LogP contribution in [0.25, 0.3) is 0 Å². The molecule has 0 fully saturated rings. The van der Waals surface area contributed by atoms with Crippen molar-refractivity contribution in [2.45, 2.75) is 0 Å². The van der Waals surface area contributed by atoms with E-state index in [-0.39, 0.29) is 5.69 Å². The quantitative estimate of drug-likeness (QED) is 0.694. The predicted octanol–water partition coefficient (Wildman–Crippen LogP) is 0.315. The average molecular weight is 231 g/mol. The summed E-state index contributed by atoms with van der Waals surface area (Å²) in [4.78, 5) is 38.1. The smallest absolute Gasteiger partial charge is 0.316 e. The Morgan fingerprint density at radius 2 is 1.82 bits per heavy atom. The third-order valence-corrected chi connectivity index (χ3v) is 2.10. The van der Waals surface area contributed by atoms with E-state index in [0.29, 0.717) is 5.56 Å². The van der Waals surface area contributed by atoms with Gasteiger partial charge in [-0.2, -0.15) is 0 Å². The van der Waals surface area contributed by atoms with Crippen molar-refractivity contribution in [2.75, 3.05) is 5.32 Å². The van der Waals surface area contributed by atoms with Gasteiger partial charge in [0.1, 0.15) is 5.69 Å². The van der Waals surface area contributed by atoms with Crippen LogP contribution in [0, 0.1) is 0 Å². The monoisotopic (exact) mass is 231 g/mol. The maximum absolute atomic E-state index is 11.7. The molecule has 0 aliphatic carbocycles. The number of carbonyl (C=O) groups excluding carboxylic acids is 1. The zero-order valence-corrected chi connectivity index (χ0v) is 8.69. The molecule has 6 heteroatoms. The molecule has 1 heterocycles. The molecule has 0 aliphatic rings. The first-order chi connectivity index (χ1) is 8.16. The number of amides is 1. The molecule has 17 heavy (non-hydrogen) atoms. The molecule has 0 saturated carbocycles. The normalized spacial score (nSPS) is 9.88. The van der Waals surface area contributed by atoms with E-state index < -0.39 is 17.2 Å². The van der Waals surface area contributed by atoms with Crippen LogP contribution in [0.2, 0.25) is 0 Å². The molecule has 0 atom stereocenters. The number of carbonyl (C=O) groups is 1. The van der Waals surface area contributed by atoms with Crippen LogP contribution in [0.3, 0.4) is 0 Å². The maximum Gasteiger partial charge on any atom is 0.325 e.